The van der Waals surface area contributed by atoms with Crippen LogP contribution in [-0.4, -0.2) is 57.9 Å². The Morgan fingerprint density at radius 3 is 2.57 bits per heavy atom. The van der Waals surface area contributed by atoms with Crippen LogP contribution in [0.25, 0.3) is 10.9 Å². The number of anilines is 2. The Morgan fingerprint density at radius 1 is 1.22 bits per heavy atom. The number of amides is 1. The molecular formula is C25H27ClN6O5. The van der Waals surface area contributed by atoms with Gasteiger partial charge in [0.15, 0.2) is 5.69 Å². The number of carboxylic acids is 1. The van der Waals surface area contributed by atoms with Gasteiger partial charge in [-0.2, -0.15) is 0 Å². The number of nitrogens with one attached hydrogen (secondary N) is 2. The van der Waals surface area contributed by atoms with Crippen molar-refractivity contribution in [1.29, 1.82) is 0 Å². The molecule has 1 aliphatic carbocycles. The Kier molecular flexibility index (Phi) is 6.18. The second kappa shape index (κ2) is 9.22. The number of aromatic nitrogens is 3. The number of aryl methyl sites for hydroxylation is 1. The van der Waals surface area contributed by atoms with Crippen molar-refractivity contribution >= 4 is 46.2 Å². The Bertz CT molecular complexity index is 1480. The van der Waals surface area contributed by atoms with Gasteiger partial charge in [-0.3, -0.25) is 9.36 Å². The maximum atomic E-state index is 13.4. The summed E-state index contributed by atoms with van der Waals surface area (Å²) in [4.78, 5) is 47.6. The lowest BCUT2D eigenvalue weighted by molar-refractivity contribution is 0.0691. The number of ether oxygens (including phenoxy) is 1. The molecule has 1 aromatic carbocycles. The van der Waals surface area contributed by atoms with E-state index in [0.717, 1.165) is 11.1 Å². The van der Waals surface area contributed by atoms with E-state index in [9.17, 15) is 19.5 Å². The monoisotopic (exact) mass is 526 g/mol. The van der Waals surface area contributed by atoms with Crippen LogP contribution >= 0.6 is 11.6 Å². The second-order valence-electron chi connectivity index (χ2n) is 9.62. The number of benzene rings is 1. The second-order valence-corrected chi connectivity index (χ2v) is 10.0. The maximum absolute atomic E-state index is 13.4. The molecule has 3 N–H and O–H groups in total. The number of aromatic carboxylic acids is 1. The van der Waals surface area contributed by atoms with Gasteiger partial charge in [-0.05, 0) is 37.6 Å². The first-order valence-electron chi connectivity index (χ1n) is 11.9. The standard InChI is InChI=1S/C25H27ClN6O5/c1-11-7-13(12(2)27-17-5-6-18(26)28-21(17)23(34)35)19-14(8-11)22(33)31(3)24(29-19)32-9-15-16(10-32)20(15)30-25(36)37-4/h5-8,12,15-16,20,27H,9-10H2,1-4H3,(H,30,36)(H,34,35)/t12-,15-,16+,20?/m1/s1. The largest absolute Gasteiger partial charge is 0.476 e. The third-order valence-electron chi connectivity index (χ3n) is 7.18. The average Bonchev–Trinajstić information content (AvgIpc) is 3.28. The molecule has 12 heteroatoms. The van der Waals surface area contributed by atoms with Gasteiger partial charge in [0.2, 0.25) is 5.95 Å². The SMILES string of the molecule is COC(=O)NC1[C@H]2CN(c3nc4c([C@@H](C)Nc5ccc(Cl)nc5C(=O)O)cc(C)cc4c(=O)n3C)C[C@@H]12. The number of piperidine rings is 1. The molecule has 1 saturated heterocycles. The van der Waals surface area contributed by atoms with Crippen LogP contribution in [0.5, 0.6) is 0 Å². The summed E-state index contributed by atoms with van der Waals surface area (Å²) in [5, 5.41) is 16.2. The van der Waals surface area contributed by atoms with E-state index in [-0.39, 0.29) is 34.3 Å². The van der Waals surface area contributed by atoms with E-state index >= 15 is 0 Å². The van der Waals surface area contributed by atoms with E-state index in [4.69, 9.17) is 21.3 Å². The topological polar surface area (TPSA) is 139 Å². The highest BCUT2D eigenvalue weighted by atomic mass is 35.5. The third-order valence-corrected chi connectivity index (χ3v) is 7.39. The molecule has 0 radical (unpaired) electrons. The first-order chi connectivity index (χ1) is 17.6. The van der Waals surface area contributed by atoms with Gasteiger partial charge < -0.3 is 25.4 Å². The Morgan fingerprint density at radius 2 is 1.92 bits per heavy atom. The molecule has 11 nitrogen and oxygen atoms in total. The summed E-state index contributed by atoms with van der Waals surface area (Å²) in [6.45, 7) is 5.11. The average molecular weight is 527 g/mol. The third kappa shape index (κ3) is 4.43. The molecule has 5 rings (SSSR count). The molecule has 2 aliphatic rings. The van der Waals surface area contributed by atoms with E-state index in [2.05, 4.69) is 20.5 Å². The molecule has 4 atom stereocenters. The van der Waals surface area contributed by atoms with Crippen LogP contribution in [-0.2, 0) is 11.8 Å². The van der Waals surface area contributed by atoms with Gasteiger partial charge in [-0.15, -0.1) is 0 Å². The van der Waals surface area contributed by atoms with Crippen molar-refractivity contribution in [3.8, 4) is 0 Å². The van der Waals surface area contributed by atoms with Crippen LogP contribution in [0.3, 0.4) is 0 Å². The molecule has 37 heavy (non-hydrogen) atoms. The first-order valence-corrected chi connectivity index (χ1v) is 12.2. The van der Waals surface area contributed by atoms with E-state index in [0.29, 0.717) is 35.6 Å². The minimum absolute atomic E-state index is 0.0695. The summed E-state index contributed by atoms with van der Waals surface area (Å²) in [7, 11) is 3.05. The van der Waals surface area contributed by atoms with Gasteiger partial charge in [0, 0.05) is 43.6 Å². The molecule has 3 heterocycles. The highest BCUT2D eigenvalue weighted by Gasteiger charge is 2.57. The Hall–Kier alpha value is -3.86. The summed E-state index contributed by atoms with van der Waals surface area (Å²) in [6, 6.07) is 6.52. The van der Waals surface area contributed by atoms with Crippen molar-refractivity contribution in [3.05, 3.63) is 56.6 Å². The van der Waals surface area contributed by atoms with Crippen molar-refractivity contribution in [2.45, 2.75) is 25.9 Å². The molecule has 1 aliphatic heterocycles. The number of halogens is 1. The van der Waals surface area contributed by atoms with E-state index in [1.807, 2.05) is 26.0 Å². The number of hydrogen-bond acceptors (Lipinski definition) is 8. The number of nitrogens with zero attached hydrogens (tertiary/aromatic N) is 4. The molecule has 3 aromatic rings. The zero-order valence-corrected chi connectivity index (χ0v) is 21.5. The lowest BCUT2D eigenvalue weighted by atomic mass is 10.0. The van der Waals surface area contributed by atoms with Crippen LogP contribution in [0.15, 0.2) is 29.1 Å². The van der Waals surface area contributed by atoms with Gasteiger partial charge in [0.05, 0.1) is 29.7 Å². The minimum atomic E-state index is -1.20. The van der Waals surface area contributed by atoms with Gasteiger partial charge >= 0.3 is 12.1 Å². The van der Waals surface area contributed by atoms with Gasteiger partial charge in [0.25, 0.3) is 5.56 Å². The normalized spacial score (nSPS) is 20.9. The van der Waals surface area contributed by atoms with Gasteiger partial charge in [-0.1, -0.05) is 17.7 Å². The molecule has 1 amide bonds. The highest BCUT2D eigenvalue weighted by Crippen LogP contribution is 2.46. The van der Waals surface area contributed by atoms with Crippen LogP contribution < -0.4 is 21.1 Å². The molecule has 1 unspecified atom stereocenters. The molecule has 0 bridgehead atoms. The summed E-state index contributed by atoms with van der Waals surface area (Å²) in [5.41, 5.74) is 2.15. The van der Waals surface area contributed by atoms with Crippen LogP contribution in [0.4, 0.5) is 16.4 Å². The fourth-order valence-corrected chi connectivity index (χ4v) is 5.43. The Labute approximate surface area is 217 Å². The number of carbonyl (C=O) groups is 2. The Balaban J connectivity index is 1.49. The predicted molar refractivity (Wildman–Crippen MR) is 138 cm³/mol. The summed E-state index contributed by atoms with van der Waals surface area (Å²) < 4.78 is 6.26. The molecule has 194 valence electrons. The van der Waals surface area contributed by atoms with E-state index in [1.165, 1.54) is 13.2 Å². The smallest absolute Gasteiger partial charge is 0.407 e. The first kappa shape index (κ1) is 24.8. The highest BCUT2D eigenvalue weighted by molar-refractivity contribution is 6.29. The number of methoxy groups -OCH3 is 1. The zero-order valence-electron chi connectivity index (χ0n) is 20.8. The van der Waals surface area contributed by atoms with Gasteiger partial charge in [-0.25, -0.2) is 19.6 Å². The van der Waals surface area contributed by atoms with Crippen LogP contribution in [0, 0.1) is 18.8 Å². The van der Waals surface area contributed by atoms with Crippen molar-refractivity contribution in [2.24, 2.45) is 18.9 Å². The molecule has 2 aromatic heterocycles. The van der Waals surface area contributed by atoms with Gasteiger partial charge in [0.1, 0.15) is 5.15 Å². The number of carboxylic acid groups (broad SMARTS) is 1. The predicted octanol–water partition coefficient (Wildman–Crippen LogP) is 2.95. The van der Waals surface area contributed by atoms with Crippen molar-refractivity contribution in [1.82, 2.24) is 19.9 Å². The molecule has 1 saturated carbocycles. The number of fused-ring (bicyclic) bond motifs is 2. The van der Waals surface area contributed by atoms with Crippen LogP contribution in [0.1, 0.15) is 34.6 Å². The summed E-state index contributed by atoms with van der Waals surface area (Å²) in [5.74, 6) is -0.0976. The van der Waals surface area contributed by atoms with E-state index < -0.39 is 18.1 Å². The summed E-state index contributed by atoms with van der Waals surface area (Å²) in [6.07, 6.45) is -0.439. The fraction of sp³-hybridized carbons (Fsp3) is 0.400. The lowest BCUT2D eigenvalue weighted by Gasteiger charge is -2.25. The summed E-state index contributed by atoms with van der Waals surface area (Å²) >= 11 is 5.90. The number of hydrogen-bond donors (Lipinski definition) is 3. The van der Waals surface area contributed by atoms with Crippen molar-refractivity contribution < 1.29 is 19.4 Å². The van der Waals surface area contributed by atoms with Crippen molar-refractivity contribution in [3.63, 3.8) is 0 Å². The molecule has 2 fully saturated rings. The number of carbonyl (C=O) groups excluding carboxylic acids is 1. The van der Waals surface area contributed by atoms with E-state index in [1.54, 1.807) is 17.7 Å². The lowest BCUT2D eigenvalue weighted by Crippen LogP contribution is -2.37. The quantitative estimate of drug-likeness (QED) is 0.414. The maximum Gasteiger partial charge on any atom is 0.407 e. The number of pyridine rings is 1. The zero-order chi connectivity index (χ0) is 26.6. The van der Waals surface area contributed by atoms with Crippen molar-refractivity contribution in [2.75, 3.05) is 30.4 Å². The number of alkyl carbamates (subject to hydrolysis) is 1. The molecular weight excluding hydrogens is 500 g/mol. The number of rotatable bonds is 6. The van der Waals surface area contributed by atoms with Crippen LogP contribution in [0.2, 0.25) is 5.15 Å². The molecule has 0 spiro atoms. The fourth-order valence-electron chi connectivity index (χ4n) is 5.28. The minimum Gasteiger partial charge on any atom is -0.476 e.